The van der Waals surface area contributed by atoms with Gasteiger partial charge >= 0.3 is 5.97 Å². The van der Waals surface area contributed by atoms with E-state index in [-0.39, 0.29) is 25.7 Å². The standard InChI is InChI=1S/C10H19NO5/c1-7(2)16-6-9(12)11-8(10(13)14)4-5-15-3/h7-8H,4-6H2,1-3H3,(H,11,12)(H,13,14). The highest BCUT2D eigenvalue weighted by Gasteiger charge is 2.19. The van der Waals surface area contributed by atoms with Gasteiger partial charge in [-0.05, 0) is 13.8 Å². The van der Waals surface area contributed by atoms with Crippen molar-refractivity contribution in [1.82, 2.24) is 5.32 Å². The molecule has 0 aliphatic carbocycles. The number of carboxylic acid groups (broad SMARTS) is 1. The Hall–Kier alpha value is -1.14. The molecule has 1 unspecified atom stereocenters. The molecule has 2 N–H and O–H groups in total. The van der Waals surface area contributed by atoms with E-state index in [2.05, 4.69) is 5.32 Å². The van der Waals surface area contributed by atoms with Crippen molar-refractivity contribution in [2.45, 2.75) is 32.4 Å². The van der Waals surface area contributed by atoms with Crippen molar-refractivity contribution in [3.05, 3.63) is 0 Å². The monoisotopic (exact) mass is 233 g/mol. The predicted molar refractivity (Wildman–Crippen MR) is 57.1 cm³/mol. The Labute approximate surface area is 94.9 Å². The average Bonchev–Trinajstić information content (AvgIpc) is 2.20. The zero-order chi connectivity index (χ0) is 12.6. The maximum absolute atomic E-state index is 11.3. The minimum Gasteiger partial charge on any atom is -0.480 e. The van der Waals surface area contributed by atoms with E-state index in [0.717, 1.165) is 0 Å². The largest absolute Gasteiger partial charge is 0.480 e. The molecule has 0 aromatic rings. The first-order valence-corrected chi connectivity index (χ1v) is 5.10. The number of rotatable bonds is 8. The van der Waals surface area contributed by atoms with Gasteiger partial charge in [-0.1, -0.05) is 0 Å². The van der Waals surface area contributed by atoms with E-state index in [9.17, 15) is 9.59 Å². The van der Waals surface area contributed by atoms with Gasteiger partial charge in [0, 0.05) is 20.1 Å². The molecule has 6 heteroatoms. The summed E-state index contributed by atoms with van der Waals surface area (Å²) >= 11 is 0. The highest BCUT2D eigenvalue weighted by Crippen LogP contribution is 1.94. The van der Waals surface area contributed by atoms with Crippen molar-refractivity contribution in [3.8, 4) is 0 Å². The van der Waals surface area contributed by atoms with Gasteiger partial charge in [0.1, 0.15) is 12.6 Å². The Morgan fingerprint density at radius 2 is 2.00 bits per heavy atom. The zero-order valence-corrected chi connectivity index (χ0v) is 9.86. The van der Waals surface area contributed by atoms with Crippen molar-refractivity contribution < 1.29 is 24.2 Å². The van der Waals surface area contributed by atoms with Crippen LogP contribution >= 0.6 is 0 Å². The molecule has 1 atom stereocenters. The number of hydrogen-bond donors (Lipinski definition) is 2. The maximum atomic E-state index is 11.3. The second-order valence-electron chi connectivity index (χ2n) is 3.60. The quantitative estimate of drug-likeness (QED) is 0.617. The number of nitrogens with one attached hydrogen (secondary N) is 1. The van der Waals surface area contributed by atoms with Gasteiger partial charge in [0.25, 0.3) is 0 Å². The van der Waals surface area contributed by atoms with Gasteiger partial charge in [-0.2, -0.15) is 0 Å². The molecule has 0 spiro atoms. The van der Waals surface area contributed by atoms with Gasteiger partial charge in [0.15, 0.2) is 0 Å². The molecule has 1 amide bonds. The third-order valence-electron chi connectivity index (χ3n) is 1.79. The molecular weight excluding hydrogens is 214 g/mol. The molecule has 0 aliphatic rings. The fourth-order valence-electron chi connectivity index (χ4n) is 0.971. The SMILES string of the molecule is COCCC(NC(=O)COC(C)C)C(=O)O. The van der Waals surface area contributed by atoms with E-state index in [1.807, 2.05) is 0 Å². The summed E-state index contributed by atoms with van der Waals surface area (Å²) < 4.78 is 9.81. The lowest BCUT2D eigenvalue weighted by atomic mass is 10.2. The average molecular weight is 233 g/mol. The maximum Gasteiger partial charge on any atom is 0.326 e. The molecule has 0 radical (unpaired) electrons. The molecule has 0 saturated carbocycles. The van der Waals surface area contributed by atoms with E-state index in [0.29, 0.717) is 0 Å². The fourth-order valence-corrected chi connectivity index (χ4v) is 0.971. The van der Waals surface area contributed by atoms with Crippen LogP contribution in [0, 0.1) is 0 Å². The van der Waals surface area contributed by atoms with E-state index < -0.39 is 17.9 Å². The van der Waals surface area contributed by atoms with Gasteiger partial charge in [-0.3, -0.25) is 4.79 Å². The topological polar surface area (TPSA) is 84.9 Å². The van der Waals surface area contributed by atoms with Crippen LogP contribution in [0.5, 0.6) is 0 Å². The lowest BCUT2D eigenvalue weighted by Crippen LogP contribution is -2.43. The Kier molecular flexibility index (Phi) is 7.49. The van der Waals surface area contributed by atoms with E-state index >= 15 is 0 Å². The zero-order valence-electron chi connectivity index (χ0n) is 9.86. The number of ether oxygens (including phenoxy) is 2. The lowest BCUT2D eigenvalue weighted by Gasteiger charge is -2.14. The molecule has 0 saturated heterocycles. The molecule has 0 rings (SSSR count). The molecule has 94 valence electrons. The van der Waals surface area contributed by atoms with Crippen LogP contribution in [0.2, 0.25) is 0 Å². The first-order valence-electron chi connectivity index (χ1n) is 5.10. The molecule has 0 heterocycles. The number of aliphatic carboxylic acids is 1. The van der Waals surface area contributed by atoms with Crippen LogP contribution in [-0.4, -0.2) is 49.5 Å². The van der Waals surface area contributed by atoms with Gasteiger partial charge < -0.3 is 19.9 Å². The predicted octanol–water partition coefficient (Wildman–Crippen LogP) is 0.0173. The summed E-state index contributed by atoms with van der Waals surface area (Å²) in [6.45, 7) is 3.75. The Bertz CT molecular complexity index is 229. The molecule has 0 fully saturated rings. The minimum absolute atomic E-state index is 0.0620. The van der Waals surface area contributed by atoms with Crippen LogP contribution in [0.3, 0.4) is 0 Å². The third-order valence-corrected chi connectivity index (χ3v) is 1.79. The summed E-state index contributed by atoms with van der Waals surface area (Å²) in [6, 6.07) is -0.928. The van der Waals surface area contributed by atoms with Crippen LogP contribution < -0.4 is 5.32 Å². The molecule has 0 aliphatic heterocycles. The van der Waals surface area contributed by atoms with Crippen LogP contribution in [0.4, 0.5) is 0 Å². The smallest absolute Gasteiger partial charge is 0.326 e. The second kappa shape index (κ2) is 8.06. The first kappa shape index (κ1) is 14.9. The van der Waals surface area contributed by atoms with Gasteiger partial charge in [0.2, 0.25) is 5.91 Å². The molecule has 0 aromatic carbocycles. The Balaban J connectivity index is 3.98. The van der Waals surface area contributed by atoms with Crippen molar-refractivity contribution in [2.75, 3.05) is 20.3 Å². The minimum atomic E-state index is -1.07. The summed E-state index contributed by atoms with van der Waals surface area (Å²) in [4.78, 5) is 22.1. The number of methoxy groups -OCH3 is 1. The highest BCUT2D eigenvalue weighted by molar-refractivity contribution is 5.84. The first-order chi connectivity index (χ1) is 7.47. The molecule has 6 nitrogen and oxygen atoms in total. The molecule has 0 aromatic heterocycles. The summed E-state index contributed by atoms with van der Waals surface area (Å²) in [5.41, 5.74) is 0. The van der Waals surface area contributed by atoms with Gasteiger partial charge in [-0.15, -0.1) is 0 Å². The van der Waals surface area contributed by atoms with E-state index in [1.54, 1.807) is 13.8 Å². The van der Waals surface area contributed by atoms with Gasteiger partial charge in [-0.25, -0.2) is 4.79 Å². The van der Waals surface area contributed by atoms with Crippen molar-refractivity contribution in [3.63, 3.8) is 0 Å². The Morgan fingerprint density at radius 3 is 2.44 bits per heavy atom. The number of carbonyl (C=O) groups is 2. The van der Waals surface area contributed by atoms with Crippen molar-refractivity contribution in [1.29, 1.82) is 0 Å². The summed E-state index contributed by atoms with van der Waals surface area (Å²) in [5.74, 6) is -1.51. The van der Waals surface area contributed by atoms with Crippen molar-refractivity contribution >= 4 is 11.9 Å². The summed E-state index contributed by atoms with van der Waals surface area (Å²) in [6.07, 6.45) is 0.173. The molecular formula is C10H19NO5. The number of amides is 1. The van der Waals surface area contributed by atoms with Crippen LogP contribution in [0.1, 0.15) is 20.3 Å². The number of hydrogen-bond acceptors (Lipinski definition) is 4. The Morgan fingerprint density at radius 1 is 1.38 bits per heavy atom. The second-order valence-corrected chi connectivity index (χ2v) is 3.60. The molecule has 0 bridgehead atoms. The van der Waals surface area contributed by atoms with E-state index in [1.165, 1.54) is 7.11 Å². The fraction of sp³-hybridized carbons (Fsp3) is 0.800. The van der Waals surface area contributed by atoms with Crippen molar-refractivity contribution in [2.24, 2.45) is 0 Å². The van der Waals surface area contributed by atoms with Gasteiger partial charge in [0.05, 0.1) is 6.10 Å². The summed E-state index contributed by atoms with van der Waals surface area (Å²) in [7, 11) is 1.47. The van der Waals surface area contributed by atoms with Crippen LogP contribution in [-0.2, 0) is 19.1 Å². The lowest BCUT2D eigenvalue weighted by molar-refractivity contribution is -0.143. The van der Waals surface area contributed by atoms with Crippen LogP contribution in [0.15, 0.2) is 0 Å². The number of carbonyl (C=O) groups excluding carboxylic acids is 1. The molecule has 16 heavy (non-hydrogen) atoms. The van der Waals surface area contributed by atoms with E-state index in [4.69, 9.17) is 14.6 Å². The third kappa shape index (κ3) is 7.19. The van der Waals surface area contributed by atoms with Crippen LogP contribution in [0.25, 0.3) is 0 Å². The number of carboxylic acids is 1. The summed E-state index contributed by atoms with van der Waals surface area (Å²) in [5, 5.41) is 11.2. The normalized spacial score (nSPS) is 12.5. The highest BCUT2D eigenvalue weighted by atomic mass is 16.5.